The largest absolute Gasteiger partial charge is 0.481 e. The predicted octanol–water partition coefficient (Wildman–Crippen LogP) is 3.53. The molecule has 2 aromatic carbocycles. The number of fused-ring (bicyclic) bond motifs is 1. The average Bonchev–Trinajstić information content (AvgIpc) is 3.19. The number of carbonyl (C=O) groups excluding carboxylic acids is 1. The van der Waals surface area contributed by atoms with Crippen LogP contribution in [0.3, 0.4) is 0 Å². The number of ether oxygens (including phenoxy) is 1. The molecular weight excluding hydrogens is 486 g/mol. The second kappa shape index (κ2) is 10.5. The summed E-state index contributed by atoms with van der Waals surface area (Å²) >= 11 is 0. The minimum atomic E-state index is -1.77. The van der Waals surface area contributed by atoms with Crippen LogP contribution in [0.2, 0.25) is 0 Å². The lowest BCUT2D eigenvalue weighted by molar-refractivity contribution is -0.163. The van der Waals surface area contributed by atoms with Crippen molar-refractivity contribution in [1.82, 2.24) is 5.32 Å². The molecule has 5 atom stereocenters. The van der Waals surface area contributed by atoms with Crippen LogP contribution in [-0.4, -0.2) is 52.9 Å². The molecule has 0 bridgehead atoms. The van der Waals surface area contributed by atoms with Gasteiger partial charge in [-0.05, 0) is 61.2 Å². The van der Waals surface area contributed by atoms with Gasteiger partial charge in [-0.15, -0.1) is 0 Å². The third kappa shape index (κ3) is 4.83. The van der Waals surface area contributed by atoms with Crippen molar-refractivity contribution in [3.05, 3.63) is 71.8 Å². The number of benzene rings is 2. The maximum Gasteiger partial charge on any atom is 0.347 e. The summed E-state index contributed by atoms with van der Waals surface area (Å²) in [5, 5.41) is 32.7. The Hall–Kier alpha value is -3.23. The number of hydrogen-bond acceptors (Lipinski definition) is 6. The Morgan fingerprint density at radius 3 is 1.82 bits per heavy atom. The smallest absolute Gasteiger partial charge is 0.347 e. The number of aliphatic carboxylic acids is 2. The molecule has 3 aliphatic rings. The van der Waals surface area contributed by atoms with Crippen LogP contribution >= 0.6 is 0 Å². The Morgan fingerprint density at radius 1 is 0.921 bits per heavy atom. The summed E-state index contributed by atoms with van der Waals surface area (Å²) in [7, 11) is 0. The van der Waals surface area contributed by atoms with E-state index in [0.717, 1.165) is 13.1 Å². The fraction of sp³-hybridized carbons (Fsp3) is 0.500. The fourth-order valence-corrected chi connectivity index (χ4v) is 6.15. The zero-order chi connectivity index (χ0) is 27.7. The number of carboxylic acid groups (broad SMARTS) is 2. The zero-order valence-corrected chi connectivity index (χ0v) is 22.1. The zero-order valence-electron chi connectivity index (χ0n) is 22.1. The van der Waals surface area contributed by atoms with E-state index in [4.69, 9.17) is 14.9 Å². The van der Waals surface area contributed by atoms with Gasteiger partial charge in [-0.2, -0.15) is 0 Å². The predicted molar refractivity (Wildman–Crippen MR) is 140 cm³/mol. The van der Waals surface area contributed by atoms with Crippen molar-refractivity contribution in [2.75, 3.05) is 19.7 Å². The molecule has 2 saturated carbocycles. The molecule has 1 unspecified atom stereocenters. The highest BCUT2D eigenvalue weighted by atomic mass is 16.6. The van der Waals surface area contributed by atoms with Crippen molar-refractivity contribution < 1.29 is 34.4 Å². The summed E-state index contributed by atoms with van der Waals surface area (Å²) in [6, 6.07) is 18.0. The van der Waals surface area contributed by atoms with Crippen LogP contribution in [-0.2, 0) is 24.7 Å². The van der Waals surface area contributed by atoms with Gasteiger partial charge in [-0.25, -0.2) is 4.79 Å². The lowest BCUT2D eigenvalue weighted by atomic mass is 9.66. The van der Waals surface area contributed by atoms with Crippen LogP contribution in [0.15, 0.2) is 60.7 Å². The van der Waals surface area contributed by atoms with E-state index in [0.29, 0.717) is 48.3 Å². The maximum absolute atomic E-state index is 12.8. The van der Waals surface area contributed by atoms with Crippen LogP contribution in [0, 0.1) is 34.5 Å². The highest BCUT2D eigenvalue weighted by Gasteiger charge is 2.58. The summed E-state index contributed by atoms with van der Waals surface area (Å²) in [6.07, 6.45) is 0.886. The molecule has 1 saturated heterocycles. The molecule has 5 rings (SSSR count). The fourth-order valence-electron chi connectivity index (χ4n) is 6.15. The van der Waals surface area contributed by atoms with Gasteiger partial charge >= 0.3 is 17.9 Å². The van der Waals surface area contributed by atoms with Gasteiger partial charge in [0, 0.05) is 5.92 Å². The van der Waals surface area contributed by atoms with E-state index in [1.807, 2.05) is 36.4 Å². The van der Waals surface area contributed by atoms with Gasteiger partial charge in [0.15, 0.2) is 0 Å². The van der Waals surface area contributed by atoms with Gasteiger partial charge < -0.3 is 25.4 Å². The van der Waals surface area contributed by atoms with Gasteiger partial charge in [0.25, 0.3) is 0 Å². The number of esters is 1. The monoisotopic (exact) mass is 523 g/mol. The van der Waals surface area contributed by atoms with Crippen LogP contribution in [0.25, 0.3) is 0 Å². The minimum absolute atomic E-state index is 0.387. The first-order valence-corrected chi connectivity index (χ1v) is 13.1. The molecule has 1 heterocycles. The first-order valence-electron chi connectivity index (χ1n) is 13.1. The molecule has 8 nitrogen and oxygen atoms in total. The Kier molecular flexibility index (Phi) is 7.68. The Morgan fingerprint density at radius 2 is 1.42 bits per heavy atom. The first-order chi connectivity index (χ1) is 17.9. The van der Waals surface area contributed by atoms with E-state index < -0.39 is 40.3 Å². The van der Waals surface area contributed by atoms with E-state index in [1.165, 1.54) is 0 Å². The van der Waals surface area contributed by atoms with Gasteiger partial charge in [-0.3, -0.25) is 9.59 Å². The molecule has 204 valence electrons. The van der Waals surface area contributed by atoms with Crippen molar-refractivity contribution >= 4 is 17.9 Å². The summed E-state index contributed by atoms with van der Waals surface area (Å²) in [4.78, 5) is 34.9. The number of carboxylic acids is 2. The van der Waals surface area contributed by atoms with E-state index >= 15 is 0 Å². The summed E-state index contributed by atoms with van der Waals surface area (Å²) in [5.41, 5.74) is -2.33. The standard InChI is InChI=1S/C20H21NO3.C10H16O4/c22-19(24-13-18-16-11-21-12-17(16)18)20(23,14-7-3-1-4-8-14)15-9-5-2-6-10-15;1-9(2)6(7(11)12)4-5-10(9,3)8(13)14/h1-10,16-18,21,23H,11-13H2;6H,4-5H2,1-3H3,(H,11,12)(H,13,14)/t16-,17+,18?;6-,10+/m.1/s1. The Bertz CT molecular complexity index is 1120. The van der Waals surface area contributed by atoms with Gasteiger partial charge in [-0.1, -0.05) is 74.5 Å². The number of carbonyl (C=O) groups is 3. The average molecular weight is 524 g/mol. The Labute approximate surface area is 223 Å². The first kappa shape index (κ1) is 27.8. The van der Waals surface area contributed by atoms with E-state index in [2.05, 4.69) is 5.32 Å². The molecule has 2 aliphatic carbocycles. The molecule has 38 heavy (non-hydrogen) atoms. The number of nitrogens with one attached hydrogen (secondary N) is 1. The maximum atomic E-state index is 12.8. The Balaban J connectivity index is 0.000000206. The van der Waals surface area contributed by atoms with Crippen LogP contribution in [0.1, 0.15) is 44.7 Å². The van der Waals surface area contributed by atoms with E-state index in [9.17, 15) is 19.5 Å². The molecular formula is C30H37NO7. The minimum Gasteiger partial charge on any atom is -0.481 e. The molecule has 0 spiro atoms. The summed E-state index contributed by atoms with van der Waals surface area (Å²) in [5.74, 6) is -1.25. The molecule has 4 N–H and O–H groups in total. The summed E-state index contributed by atoms with van der Waals surface area (Å²) < 4.78 is 5.56. The SMILES string of the molecule is CC1(C)[C@@H](C(=O)O)CC[C@@]1(C)C(=O)O.O=C(OCC1[C@H]2CNC[C@@H]12)C(O)(c1ccccc1)c1ccccc1. The number of hydrogen-bond donors (Lipinski definition) is 4. The topological polar surface area (TPSA) is 133 Å². The van der Waals surface area contributed by atoms with Crippen LogP contribution in [0.5, 0.6) is 0 Å². The van der Waals surface area contributed by atoms with Crippen molar-refractivity contribution in [2.45, 2.75) is 39.2 Å². The highest BCUT2D eigenvalue weighted by molar-refractivity contribution is 5.85. The van der Waals surface area contributed by atoms with Gasteiger partial charge in [0.05, 0.1) is 17.9 Å². The molecule has 2 aromatic rings. The molecule has 0 radical (unpaired) electrons. The van der Waals surface area contributed by atoms with Crippen molar-refractivity contribution in [2.24, 2.45) is 34.5 Å². The van der Waals surface area contributed by atoms with Gasteiger partial charge in [0.1, 0.15) is 0 Å². The molecule has 0 amide bonds. The summed E-state index contributed by atoms with van der Waals surface area (Å²) in [6.45, 7) is 7.50. The lowest BCUT2D eigenvalue weighted by Gasteiger charge is -2.36. The third-order valence-corrected chi connectivity index (χ3v) is 9.35. The van der Waals surface area contributed by atoms with Crippen LogP contribution < -0.4 is 5.32 Å². The second-order valence-corrected chi connectivity index (χ2v) is 11.5. The second-order valence-electron chi connectivity index (χ2n) is 11.5. The van der Waals surface area contributed by atoms with Crippen molar-refractivity contribution in [3.63, 3.8) is 0 Å². The molecule has 8 heteroatoms. The molecule has 0 aromatic heterocycles. The number of piperidine rings is 1. The normalized spacial score (nSPS) is 28.9. The molecule has 3 fully saturated rings. The van der Waals surface area contributed by atoms with E-state index in [-0.39, 0.29) is 0 Å². The molecule has 1 aliphatic heterocycles. The van der Waals surface area contributed by atoms with Crippen molar-refractivity contribution in [1.29, 1.82) is 0 Å². The van der Waals surface area contributed by atoms with Crippen LogP contribution in [0.4, 0.5) is 0 Å². The quantitative estimate of drug-likeness (QED) is 0.405. The third-order valence-electron chi connectivity index (χ3n) is 9.35. The highest BCUT2D eigenvalue weighted by Crippen LogP contribution is 2.56. The van der Waals surface area contributed by atoms with Crippen molar-refractivity contribution in [3.8, 4) is 0 Å². The lowest BCUT2D eigenvalue weighted by Crippen LogP contribution is -2.42. The number of rotatable bonds is 7. The number of aliphatic hydroxyl groups is 1. The van der Waals surface area contributed by atoms with Gasteiger partial charge in [0.2, 0.25) is 5.60 Å². The van der Waals surface area contributed by atoms with E-state index in [1.54, 1.807) is 45.0 Å².